The van der Waals surface area contributed by atoms with Gasteiger partial charge in [-0.15, -0.1) is 0 Å². The highest BCUT2D eigenvalue weighted by Crippen LogP contribution is 2.26. The van der Waals surface area contributed by atoms with Crippen molar-refractivity contribution in [3.63, 3.8) is 0 Å². The summed E-state index contributed by atoms with van der Waals surface area (Å²) in [4.78, 5) is 21.1. The molecule has 3 aromatic carbocycles. The Morgan fingerprint density at radius 1 is 0.892 bits per heavy atom. The highest BCUT2D eigenvalue weighted by Gasteiger charge is 2.19. The van der Waals surface area contributed by atoms with E-state index in [-0.39, 0.29) is 5.97 Å². The number of carbonyl (C=O) groups is 1. The van der Waals surface area contributed by atoms with Crippen LogP contribution in [-0.2, 0) is 4.74 Å². The average Bonchev–Trinajstić information content (AvgIpc) is 2.96. The fourth-order valence-corrected chi connectivity index (χ4v) is 4.66. The van der Waals surface area contributed by atoms with Crippen LogP contribution in [0.2, 0.25) is 0 Å². The monoisotopic (exact) mass is 493 g/mol. The first-order chi connectivity index (χ1) is 18.2. The Morgan fingerprint density at radius 3 is 2.41 bits per heavy atom. The molecule has 1 aliphatic rings. The van der Waals surface area contributed by atoms with Crippen molar-refractivity contribution in [3.05, 3.63) is 108 Å². The van der Waals surface area contributed by atoms with E-state index in [4.69, 9.17) is 9.47 Å². The van der Waals surface area contributed by atoms with Crippen LogP contribution in [0.3, 0.4) is 0 Å². The molecule has 37 heavy (non-hydrogen) atoms. The molecule has 0 spiro atoms. The zero-order chi connectivity index (χ0) is 25.5. The van der Waals surface area contributed by atoms with Crippen molar-refractivity contribution in [1.29, 1.82) is 0 Å². The molecule has 1 saturated heterocycles. The Balaban J connectivity index is 1.32. The molecular weight excluding hydrogens is 462 g/mol. The smallest absolute Gasteiger partial charge is 0.337 e. The van der Waals surface area contributed by atoms with E-state index in [1.165, 1.54) is 12.7 Å². The summed E-state index contributed by atoms with van der Waals surface area (Å²) in [6, 6.07) is 28.0. The van der Waals surface area contributed by atoms with Gasteiger partial charge in [-0.25, -0.2) is 9.78 Å². The van der Waals surface area contributed by atoms with Crippen LogP contribution in [0.15, 0.2) is 96.7 Å². The van der Waals surface area contributed by atoms with Gasteiger partial charge in [-0.05, 0) is 46.9 Å². The fraction of sp³-hybridized carbons (Fsp3) is 0.226. The molecule has 188 valence electrons. The normalized spacial score (nSPS) is 14.5. The van der Waals surface area contributed by atoms with Crippen LogP contribution in [0, 0.1) is 0 Å². The van der Waals surface area contributed by atoms with E-state index in [1.807, 2.05) is 54.7 Å². The first-order valence-corrected chi connectivity index (χ1v) is 12.6. The van der Waals surface area contributed by atoms with Crippen LogP contribution in [0.5, 0.6) is 5.75 Å². The maximum atomic E-state index is 11.8. The van der Waals surface area contributed by atoms with Crippen LogP contribution in [0.4, 0.5) is 5.82 Å². The van der Waals surface area contributed by atoms with Crippen LogP contribution < -0.4 is 9.64 Å². The molecule has 0 amide bonds. The molecule has 0 unspecified atom stereocenters. The van der Waals surface area contributed by atoms with E-state index >= 15 is 0 Å². The van der Waals surface area contributed by atoms with Gasteiger partial charge in [0.1, 0.15) is 18.2 Å². The molecule has 1 fully saturated rings. The van der Waals surface area contributed by atoms with Crippen molar-refractivity contribution in [2.75, 3.05) is 51.3 Å². The lowest BCUT2D eigenvalue weighted by Crippen LogP contribution is -2.47. The Hall–Kier alpha value is -4.16. The minimum Gasteiger partial charge on any atom is -0.489 e. The van der Waals surface area contributed by atoms with Gasteiger partial charge in [0.25, 0.3) is 0 Å². The summed E-state index contributed by atoms with van der Waals surface area (Å²) in [5, 5.41) is 2.27. The lowest BCUT2D eigenvalue weighted by molar-refractivity contribution is 0.0600. The van der Waals surface area contributed by atoms with Gasteiger partial charge in [0.15, 0.2) is 0 Å². The number of aromatic nitrogens is 1. The lowest BCUT2D eigenvalue weighted by atomic mass is 10.1. The van der Waals surface area contributed by atoms with Crippen LogP contribution in [0.25, 0.3) is 16.8 Å². The molecular formula is C31H31N3O3. The van der Waals surface area contributed by atoms with E-state index in [9.17, 15) is 4.79 Å². The third kappa shape index (κ3) is 6.16. The number of hydrogen-bond donors (Lipinski definition) is 0. The van der Waals surface area contributed by atoms with Crippen molar-refractivity contribution in [3.8, 4) is 5.75 Å². The molecule has 6 nitrogen and oxygen atoms in total. The second-order valence-corrected chi connectivity index (χ2v) is 9.13. The van der Waals surface area contributed by atoms with Crippen LogP contribution in [0.1, 0.15) is 15.9 Å². The zero-order valence-electron chi connectivity index (χ0n) is 21.0. The fourth-order valence-electron chi connectivity index (χ4n) is 4.66. The molecule has 6 heteroatoms. The minimum atomic E-state index is -0.333. The van der Waals surface area contributed by atoms with Gasteiger partial charge in [-0.1, -0.05) is 60.7 Å². The van der Waals surface area contributed by atoms with Gasteiger partial charge in [0.2, 0.25) is 0 Å². The van der Waals surface area contributed by atoms with Crippen molar-refractivity contribution < 1.29 is 14.3 Å². The minimum absolute atomic E-state index is 0.333. The number of benzene rings is 3. The van der Waals surface area contributed by atoms with E-state index in [0.29, 0.717) is 12.2 Å². The number of pyridine rings is 1. The summed E-state index contributed by atoms with van der Waals surface area (Å²) in [6.07, 6.45) is 4.01. The van der Waals surface area contributed by atoms with E-state index < -0.39 is 0 Å². The van der Waals surface area contributed by atoms with Gasteiger partial charge < -0.3 is 14.4 Å². The predicted molar refractivity (Wildman–Crippen MR) is 148 cm³/mol. The van der Waals surface area contributed by atoms with Crippen molar-refractivity contribution >= 4 is 28.6 Å². The molecule has 5 rings (SSSR count). The molecule has 0 radical (unpaired) electrons. The number of anilines is 1. The molecule has 0 N–H and O–H groups in total. The number of ether oxygens (including phenoxy) is 2. The van der Waals surface area contributed by atoms with Gasteiger partial charge >= 0.3 is 5.97 Å². The highest BCUT2D eigenvalue weighted by atomic mass is 16.5. The van der Waals surface area contributed by atoms with Crippen molar-refractivity contribution in [1.82, 2.24) is 9.88 Å². The summed E-state index contributed by atoms with van der Waals surface area (Å²) in [7, 11) is 1.40. The molecule has 1 aromatic heterocycles. The van der Waals surface area contributed by atoms with Crippen molar-refractivity contribution in [2.24, 2.45) is 0 Å². The zero-order valence-corrected chi connectivity index (χ0v) is 21.0. The third-order valence-electron chi connectivity index (χ3n) is 6.64. The maximum absolute atomic E-state index is 11.8. The van der Waals surface area contributed by atoms with Gasteiger partial charge in [-0.3, -0.25) is 4.90 Å². The topological polar surface area (TPSA) is 54.9 Å². The summed E-state index contributed by atoms with van der Waals surface area (Å²) in [5.74, 6) is 1.58. The summed E-state index contributed by atoms with van der Waals surface area (Å²) in [5.41, 5.74) is 2.74. The molecule has 0 atom stereocenters. The Labute approximate surface area is 217 Å². The second kappa shape index (κ2) is 11.7. The average molecular weight is 494 g/mol. The molecule has 0 aliphatic carbocycles. The summed E-state index contributed by atoms with van der Waals surface area (Å²) >= 11 is 0. The number of esters is 1. The first-order valence-electron chi connectivity index (χ1n) is 12.6. The number of fused-ring (bicyclic) bond motifs is 1. The van der Waals surface area contributed by atoms with E-state index in [2.05, 4.69) is 45.1 Å². The Morgan fingerprint density at radius 2 is 1.65 bits per heavy atom. The van der Waals surface area contributed by atoms with E-state index in [0.717, 1.165) is 60.6 Å². The van der Waals surface area contributed by atoms with Gasteiger partial charge in [0, 0.05) is 44.3 Å². The van der Waals surface area contributed by atoms with Crippen LogP contribution >= 0.6 is 0 Å². The van der Waals surface area contributed by atoms with Crippen molar-refractivity contribution in [2.45, 2.75) is 0 Å². The lowest BCUT2D eigenvalue weighted by Gasteiger charge is -2.35. The summed E-state index contributed by atoms with van der Waals surface area (Å²) < 4.78 is 11.2. The summed E-state index contributed by atoms with van der Waals surface area (Å²) in [6.45, 7) is 5.05. The SMILES string of the molecule is COC(=O)c1ccc(/C=C(\COc2cccc3ccccc23)CN2CCN(c3ccccn3)CC2)cc1. The number of methoxy groups -OCH3 is 1. The molecule has 4 aromatic rings. The number of piperazine rings is 1. The molecule has 2 heterocycles. The molecule has 0 bridgehead atoms. The third-order valence-corrected chi connectivity index (χ3v) is 6.64. The van der Waals surface area contributed by atoms with E-state index in [1.54, 1.807) is 12.1 Å². The standard InChI is InChI=1S/C31H31N3O3/c1-36-31(35)27-14-12-24(13-15-27)21-25(23-37-29-10-6-8-26-7-2-3-9-28(26)29)22-33-17-19-34(20-18-33)30-11-4-5-16-32-30/h2-16,21H,17-20,22-23H2,1H3/b25-21-. The number of carbonyl (C=O) groups excluding carboxylic acids is 1. The van der Waals surface area contributed by atoms with Gasteiger partial charge in [0.05, 0.1) is 12.7 Å². The molecule has 1 aliphatic heterocycles. The second-order valence-electron chi connectivity index (χ2n) is 9.13. The maximum Gasteiger partial charge on any atom is 0.337 e. The molecule has 0 saturated carbocycles. The predicted octanol–water partition coefficient (Wildman–Crippen LogP) is 5.31. The first kappa shape index (κ1) is 24.5. The Bertz CT molecular complexity index is 1360. The van der Waals surface area contributed by atoms with Gasteiger partial charge in [-0.2, -0.15) is 0 Å². The largest absolute Gasteiger partial charge is 0.489 e. The number of rotatable bonds is 8. The highest BCUT2D eigenvalue weighted by molar-refractivity contribution is 5.89. The number of nitrogens with zero attached hydrogens (tertiary/aromatic N) is 3. The van der Waals surface area contributed by atoms with Crippen LogP contribution in [-0.4, -0.2) is 62.3 Å². The number of hydrogen-bond acceptors (Lipinski definition) is 6. The Kier molecular flexibility index (Phi) is 7.77. The quantitative estimate of drug-likeness (QED) is 0.310.